The first-order chi connectivity index (χ1) is 7.86. The summed E-state index contributed by atoms with van der Waals surface area (Å²) in [5, 5.41) is 9.98. The molecule has 6 nitrogen and oxygen atoms in total. The zero-order valence-corrected chi connectivity index (χ0v) is 10.9. The summed E-state index contributed by atoms with van der Waals surface area (Å²) >= 11 is 0. The average molecular weight is 241 g/mol. The van der Waals surface area contributed by atoms with Gasteiger partial charge in [-0.05, 0) is 5.41 Å². The molecule has 1 aromatic rings. The maximum atomic E-state index is 9.98. The third kappa shape index (κ3) is 3.81. The Kier molecular flexibility index (Phi) is 4.22. The van der Waals surface area contributed by atoms with E-state index >= 15 is 0 Å². The highest BCUT2D eigenvalue weighted by atomic mass is 16.5. The van der Waals surface area contributed by atoms with Crippen LogP contribution in [-0.2, 0) is 6.42 Å². The Labute approximate surface area is 101 Å². The van der Waals surface area contributed by atoms with Crippen LogP contribution in [0.1, 0.15) is 26.6 Å². The Morgan fingerprint density at radius 2 is 1.53 bits per heavy atom. The number of ether oxygens (including phenoxy) is 2. The van der Waals surface area contributed by atoms with E-state index in [0.717, 1.165) is 0 Å². The molecule has 0 aromatic carbocycles. The van der Waals surface area contributed by atoms with Crippen LogP contribution in [-0.4, -0.2) is 40.4 Å². The molecule has 1 unspecified atom stereocenters. The van der Waals surface area contributed by atoms with Gasteiger partial charge in [-0.15, -0.1) is 4.98 Å². The third-order valence-electron chi connectivity index (χ3n) is 2.38. The van der Waals surface area contributed by atoms with Gasteiger partial charge in [0.2, 0.25) is 0 Å². The molecule has 0 radical (unpaired) electrons. The molecular formula is C11H19N3O3. The lowest BCUT2D eigenvalue weighted by Crippen LogP contribution is -2.29. The molecule has 0 bridgehead atoms. The number of hydrogen-bond donors (Lipinski definition) is 1. The van der Waals surface area contributed by atoms with Gasteiger partial charge in [0, 0.05) is 6.42 Å². The Morgan fingerprint density at radius 1 is 1.06 bits per heavy atom. The fourth-order valence-corrected chi connectivity index (χ4v) is 1.13. The van der Waals surface area contributed by atoms with E-state index in [1.807, 2.05) is 20.8 Å². The zero-order chi connectivity index (χ0) is 13.1. The second-order valence-electron chi connectivity index (χ2n) is 4.81. The Morgan fingerprint density at radius 3 is 1.88 bits per heavy atom. The van der Waals surface area contributed by atoms with Gasteiger partial charge in [-0.25, -0.2) is 0 Å². The molecule has 0 amide bonds. The summed E-state index contributed by atoms with van der Waals surface area (Å²) in [7, 11) is 2.94. The van der Waals surface area contributed by atoms with Crippen LogP contribution in [0.25, 0.3) is 0 Å². The van der Waals surface area contributed by atoms with E-state index < -0.39 is 6.10 Å². The lowest BCUT2D eigenvalue weighted by Gasteiger charge is -2.25. The van der Waals surface area contributed by atoms with Crippen molar-refractivity contribution in [3.8, 4) is 12.0 Å². The van der Waals surface area contributed by atoms with Crippen LogP contribution in [0.5, 0.6) is 12.0 Å². The summed E-state index contributed by atoms with van der Waals surface area (Å²) in [6.07, 6.45) is -0.210. The molecule has 0 aliphatic rings. The maximum Gasteiger partial charge on any atom is 0.322 e. The normalized spacial score (nSPS) is 13.3. The van der Waals surface area contributed by atoms with Crippen molar-refractivity contribution in [3.05, 3.63) is 5.82 Å². The van der Waals surface area contributed by atoms with Crippen LogP contribution in [0.3, 0.4) is 0 Å². The van der Waals surface area contributed by atoms with Crippen molar-refractivity contribution in [1.82, 2.24) is 15.0 Å². The van der Waals surface area contributed by atoms with Crippen LogP contribution < -0.4 is 9.47 Å². The van der Waals surface area contributed by atoms with Crippen LogP contribution in [0.2, 0.25) is 0 Å². The highest BCUT2D eigenvalue weighted by Gasteiger charge is 2.24. The molecule has 0 saturated heterocycles. The minimum Gasteiger partial charge on any atom is -0.467 e. The molecule has 1 rings (SSSR count). The third-order valence-corrected chi connectivity index (χ3v) is 2.38. The number of aliphatic hydroxyl groups is 1. The summed E-state index contributed by atoms with van der Waals surface area (Å²) in [5.41, 5.74) is -0.229. The van der Waals surface area contributed by atoms with Gasteiger partial charge in [-0.2, -0.15) is 9.97 Å². The van der Waals surface area contributed by atoms with Gasteiger partial charge in [0.1, 0.15) is 5.82 Å². The topological polar surface area (TPSA) is 77.4 Å². The summed E-state index contributed by atoms with van der Waals surface area (Å²) < 4.78 is 9.88. The second kappa shape index (κ2) is 5.27. The van der Waals surface area contributed by atoms with Crippen molar-refractivity contribution in [2.24, 2.45) is 5.41 Å². The van der Waals surface area contributed by atoms with Gasteiger partial charge in [-0.1, -0.05) is 20.8 Å². The number of nitrogens with zero attached hydrogens (tertiary/aromatic N) is 3. The van der Waals surface area contributed by atoms with Gasteiger partial charge in [-0.3, -0.25) is 0 Å². The molecule has 0 aliphatic carbocycles. The van der Waals surface area contributed by atoms with Crippen molar-refractivity contribution in [2.45, 2.75) is 33.3 Å². The van der Waals surface area contributed by atoms with E-state index in [4.69, 9.17) is 9.47 Å². The van der Waals surface area contributed by atoms with E-state index in [9.17, 15) is 5.11 Å². The highest BCUT2D eigenvalue weighted by molar-refractivity contribution is 5.06. The van der Waals surface area contributed by atoms with Gasteiger partial charge in [0.15, 0.2) is 0 Å². The molecule has 0 aliphatic heterocycles. The maximum absolute atomic E-state index is 9.98. The summed E-state index contributed by atoms with van der Waals surface area (Å²) in [6.45, 7) is 5.86. The number of methoxy groups -OCH3 is 2. The molecular weight excluding hydrogens is 222 g/mol. The Balaban J connectivity index is 2.90. The lowest BCUT2D eigenvalue weighted by atomic mass is 9.87. The largest absolute Gasteiger partial charge is 0.467 e. The molecule has 1 atom stereocenters. The quantitative estimate of drug-likeness (QED) is 0.841. The number of aromatic nitrogens is 3. The van der Waals surface area contributed by atoms with Crippen molar-refractivity contribution in [3.63, 3.8) is 0 Å². The first-order valence-electron chi connectivity index (χ1n) is 5.38. The van der Waals surface area contributed by atoms with Crippen LogP contribution >= 0.6 is 0 Å². The average Bonchev–Trinajstić information content (AvgIpc) is 2.27. The number of hydrogen-bond acceptors (Lipinski definition) is 6. The highest BCUT2D eigenvalue weighted by Crippen LogP contribution is 2.22. The predicted molar refractivity (Wildman–Crippen MR) is 62.1 cm³/mol. The van der Waals surface area contributed by atoms with Crippen molar-refractivity contribution < 1.29 is 14.6 Å². The lowest BCUT2D eigenvalue weighted by molar-refractivity contribution is 0.0615. The number of aliphatic hydroxyl groups excluding tert-OH is 1. The molecule has 1 aromatic heterocycles. The molecule has 0 fully saturated rings. The minimum absolute atomic E-state index is 0.188. The monoisotopic (exact) mass is 241 g/mol. The molecule has 6 heteroatoms. The van der Waals surface area contributed by atoms with Gasteiger partial charge < -0.3 is 14.6 Å². The van der Waals surface area contributed by atoms with Crippen molar-refractivity contribution >= 4 is 0 Å². The van der Waals surface area contributed by atoms with Crippen molar-refractivity contribution in [1.29, 1.82) is 0 Å². The SMILES string of the molecule is COc1nc(CC(O)C(C)(C)C)nc(OC)n1. The smallest absolute Gasteiger partial charge is 0.322 e. The molecule has 1 heterocycles. The van der Waals surface area contributed by atoms with E-state index in [2.05, 4.69) is 15.0 Å². The summed E-state index contributed by atoms with van der Waals surface area (Å²) in [4.78, 5) is 12.0. The molecule has 96 valence electrons. The second-order valence-corrected chi connectivity index (χ2v) is 4.81. The van der Waals surface area contributed by atoms with Crippen molar-refractivity contribution in [2.75, 3.05) is 14.2 Å². The van der Waals surface area contributed by atoms with E-state index in [-0.39, 0.29) is 17.4 Å². The first-order valence-corrected chi connectivity index (χ1v) is 5.38. The van der Waals surface area contributed by atoms with E-state index in [1.54, 1.807) is 0 Å². The molecule has 0 saturated carbocycles. The summed E-state index contributed by atoms with van der Waals surface area (Å²) in [5.74, 6) is 0.455. The summed E-state index contributed by atoms with van der Waals surface area (Å²) in [6, 6.07) is 0.376. The van der Waals surface area contributed by atoms with Gasteiger partial charge in [0.25, 0.3) is 0 Å². The van der Waals surface area contributed by atoms with Crippen LogP contribution in [0, 0.1) is 5.41 Å². The fourth-order valence-electron chi connectivity index (χ4n) is 1.13. The molecule has 0 spiro atoms. The number of rotatable bonds is 4. The van der Waals surface area contributed by atoms with Crippen LogP contribution in [0.15, 0.2) is 0 Å². The van der Waals surface area contributed by atoms with Gasteiger partial charge in [0.05, 0.1) is 20.3 Å². The van der Waals surface area contributed by atoms with E-state index in [0.29, 0.717) is 12.2 Å². The molecule has 17 heavy (non-hydrogen) atoms. The Bertz CT molecular complexity index is 354. The predicted octanol–water partition coefficient (Wildman–Crippen LogP) is 0.838. The van der Waals surface area contributed by atoms with E-state index in [1.165, 1.54) is 14.2 Å². The van der Waals surface area contributed by atoms with Gasteiger partial charge >= 0.3 is 12.0 Å². The fraction of sp³-hybridized carbons (Fsp3) is 0.727. The Hall–Kier alpha value is -1.43. The first kappa shape index (κ1) is 13.6. The van der Waals surface area contributed by atoms with Crippen LogP contribution in [0.4, 0.5) is 0 Å². The zero-order valence-electron chi connectivity index (χ0n) is 10.9. The molecule has 1 N–H and O–H groups in total. The standard InChI is InChI=1S/C11H19N3O3/c1-11(2,3)7(15)6-8-12-9(16-4)14-10(13-8)17-5/h7,15H,6H2,1-5H3. The minimum atomic E-state index is -0.542.